The van der Waals surface area contributed by atoms with Gasteiger partial charge in [-0.2, -0.15) is 0 Å². The monoisotopic (exact) mass is 247 g/mol. The number of aromatic nitrogens is 1. The van der Waals surface area contributed by atoms with E-state index in [0.717, 1.165) is 10.6 Å². The lowest BCUT2D eigenvalue weighted by atomic mass is 10.3. The van der Waals surface area contributed by atoms with Crippen LogP contribution in [0.5, 0.6) is 11.6 Å². The summed E-state index contributed by atoms with van der Waals surface area (Å²) < 4.78 is 17.0. The van der Waals surface area contributed by atoms with Crippen molar-refractivity contribution >= 4 is 10.8 Å². The molecule has 88 valence electrons. The molecule has 0 spiro atoms. The Morgan fingerprint density at radius 1 is 1.18 bits per heavy atom. The van der Waals surface area contributed by atoms with Crippen molar-refractivity contribution in [3.8, 4) is 11.6 Å². The molecule has 0 bridgehead atoms. The molecule has 0 aliphatic carbocycles. The Labute approximate surface area is 103 Å². The van der Waals surface area contributed by atoms with Crippen LogP contribution in [-0.2, 0) is 10.8 Å². The van der Waals surface area contributed by atoms with E-state index in [9.17, 15) is 4.21 Å². The fourth-order valence-electron chi connectivity index (χ4n) is 1.34. The Balaban J connectivity index is 2.11. The van der Waals surface area contributed by atoms with Crippen molar-refractivity contribution in [2.75, 3.05) is 5.75 Å². The Morgan fingerprint density at radius 2 is 1.94 bits per heavy atom. The van der Waals surface area contributed by atoms with E-state index in [-0.39, 0.29) is 0 Å². The average molecular weight is 247 g/mol. The molecular weight excluding hydrogens is 234 g/mol. The molecular formula is C13H13NO2S. The van der Waals surface area contributed by atoms with Gasteiger partial charge in [-0.25, -0.2) is 4.98 Å². The molecule has 1 atom stereocenters. The summed E-state index contributed by atoms with van der Waals surface area (Å²) in [4.78, 5) is 4.86. The van der Waals surface area contributed by atoms with Crippen LogP contribution in [0, 0.1) is 0 Å². The Bertz CT molecular complexity index is 497. The third-order valence-corrected chi connectivity index (χ3v) is 3.49. The second kappa shape index (κ2) is 5.59. The van der Waals surface area contributed by atoms with Crippen LogP contribution in [0.1, 0.15) is 6.92 Å². The average Bonchev–Trinajstić information content (AvgIpc) is 2.40. The zero-order valence-corrected chi connectivity index (χ0v) is 10.3. The highest BCUT2D eigenvalue weighted by atomic mass is 32.2. The highest BCUT2D eigenvalue weighted by Crippen LogP contribution is 2.19. The van der Waals surface area contributed by atoms with Crippen LogP contribution in [0.3, 0.4) is 0 Å². The molecule has 0 fully saturated rings. The maximum atomic E-state index is 11.5. The minimum Gasteiger partial charge on any atom is -0.439 e. The number of benzene rings is 1. The van der Waals surface area contributed by atoms with Gasteiger partial charge in [0.2, 0.25) is 5.88 Å². The van der Waals surface area contributed by atoms with Crippen molar-refractivity contribution < 1.29 is 8.95 Å². The number of hydrogen-bond acceptors (Lipinski definition) is 3. The summed E-state index contributed by atoms with van der Waals surface area (Å²) >= 11 is 0. The zero-order valence-electron chi connectivity index (χ0n) is 9.50. The van der Waals surface area contributed by atoms with Crippen LogP contribution in [0.15, 0.2) is 53.6 Å². The molecule has 0 N–H and O–H groups in total. The van der Waals surface area contributed by atoms with Crippen LogP contribution in [-0.4, -0.2) is 14.9 Å². The predicted molar refractivity (Wildman–Crippen MR) is 67.7 cm³/mol. The molecule has 17 heavy (non-hydrogen) atoms. The van der Waals surface area contributed by atoms with Crippen molar-refractivity contribution in [1.82, 2.24) is 4.98 Å². The van der Waals surface area contributed by atoms with Gasteiger partial charge in [-0.3, -0.25) is 4.21 Å². The summed E-state index contributed by atoms with van der Waals surface area (Å²) in [6, 6.07) is 13.0. The number of ether oxygens (including phenoxy) is 1. The molecule has 3 nitrogen and oxygen atoms in total. The molecule has 0 amide bonds. The zero-order chi connectivity index (χ0) is 12.1. The number of pyridine rings is 1. The normalized spacial score (nSPS) is 12.1. The summed E-state index contributed by atoms with van der Waals surface area (Å²) in [6.07, 6.45) is 1.60. The highest BCUT2D eigenvalue weighted by Gasteiger charge is 2.03. The van der Waals surface area contributed by atoms with Crippen LogP contribution < -0.4 is 4.74 Å². The van der Waals surface area contributed by atoms with Gasteiger partial charge in [-0.05, 0) is 18.2 Å². The summed E-state index contributed by atoms with van der Waals surface area (Å²) in [5.41, 5.74) is 0. The summed E-state index contributed by atoms with van der Waals surface area (Å²) in [7, 11) is -0.963. The van der Waals surface area contributed by atoms with Crippen molar-refractivity contribution in [2.24, 2.45) is 0 Å². The molecule has 0 aliphatic heterocycles. The standard InChI is InChI=1S/C13H13NO2S/c1-2-17(15)12-8-9-13(14-10-12)16-11-6-4-3-5-7-11/h3-10H,2H2,1H3. The van der Waals surface area contributed by atoms with E-state index < -0.39 is 10.8 Å². The molecule has 2 aromatic rings. The molecule has 0 radical (unpaired) electrons. The molecule has 1 unspecified atom stereocenters. The number of hydrogen-bond donors (Lipinski definition) is 0. The second-order valence-corrected chi connectivity index (χ2v) is 5.12. The van der Waals surface area contributed by atoms with Gasteiger partial charge >= 0.3 is 0 Å². The van der Waals surface area contributed by atoms with Crippen molar-refractivity contribution in [2.45, 2.75) is 11.8 Å². The molecule has 1 aromatic carbocycles. The van der Waals surface area contributed by atoms with E-state index in [1.54, 1.807) is 18.3 Å². The minimum absolute atomic E-state index is 0.507. The van der Waals surface area contributed by atoms with Gasteiger partial charge in [-0.15, -0.1) is 0 Å². The molecule has 4 heteroatoms. The number of para-hydroxylation sites is 1. The lowest BCUT2D eigenvalue weighted by Crippen LogP contribution is -1.95. The largest absolute Gasteiger partial charge is 0.439 e. The van der Waals surface area contributed by atoms with Gasteiger partial charge in [0.1, 0.15) is 5.75 Å². The second-order valence-electron chi connectivity index (χ2n) is 3.38. The topological polar surface area (TPSA) is 39.2 Å². The lowest BCUT2D eigenvalue weighted by Gasteiger charge is -2.04. The minimum atomic E-state index is -0.963. The summed E-state index contributed by atoms with van der Waals surface area (Å²) in [5.74, 6) is 1.85. The first-order chi connectivity index (χ1) is 8.29. The molecule has 1 aromatic heterocycles. The first-order valence-electron chi connectivity index (χ1n) is 5.37. The maximum absolute atomic E-state index is 11.5. The summed E-state index contributed by atoms with van der Waals surface area (Å²) in [5, 5.41) is 0. The molecule has 2 rings (SSSR count). The number of rotatable bonds is 4. The Hall–Kier alpha value is -1.68. The molecule has 1 heterocycles. The van der Waals surface area contributed by atoms with Gasteiger partial charge < -0.3 is 4.74 Å². The van der Waals surface area contributed by atoms with Crippen molar-refractivity contribution in [1.29, 1.82) is 0 Å². The fraction of sp³-hybridized carbons (Fsp3) is 0.154. The smallest absolute Gasteiger partial charge is 0.219 e. The van der Waals surface area contributed by atoms with E-state index in [1.165, 1.54) is 0 Å². The van der Waals surface area contributed by atoms with Gasteiger partial charge in [-0.1, -0.05) is 25.1 Å². The van der Waals surface area contributed by atoms with Gasteiger partial charge in [0, 0.05) is 18.0 Å². The molecule has 0 aliphatic rings. The van der Waals surface area contributed by atoms with Gasteiger partial charge in [0.25, 0.3) is 0 Å². The van der Waals surface area contributed by atoms with Crippen LogP contribution in [0.2, 0.25) is 0 Å². The van der Waals surface area contributed by atoms with Crippen LogP contribution in [0.4, 0.5) is 0 Å². The van der Waals surface area contributed by atoms with Gasteiger partial charge in [0.15, 0.2) is 0 Å². The maximum Gasteiger partial charge on any atom is 0.219 e. The highest BCUT2D eigenvalue weighted by molar-refractivity contribution is 7.85. The first kappa shape index (κ1) is 11.8. The van der Waals surface area contributed by atoms with Crippen molar-refractivity contribution in [3.05, 3.63) is 48.7 Å². The van der Waals surface area contributed by atoms with E-state index in [0.29, 0.717) is 11.6 Å². The Morgan fingerprint density at radius 3 is 2.53 bits per heavy atom. The Kier molecular flexibility index (Phi) is 3.88. The predicted octanol–water partition coefficient (Wildman–Crippen LogP) is 3.00. The first-order valence-corrected chi connectivity index (χ1v) is 6.69. The van der Waals surface area contributed by atoms with E-state index in [1.807, 2.05) is 37.3 Å². The summed E-state index contributed by atoms with van der Waals surface area (Å²) in [6.45, 7) is 1.88. The fourth-order valence-corrected chi connectivity index (χ4v) is 2.06. The van der Waals surface area contributed by atoms with E-state index in [4.69, 9.17) is 4.74 Å². The van der Waals surface area contributed by atoms with Gasteiger partial charge in [0.05, 0.1) is 15.7 Å². The molecule has 0 saturated carbocycles. The third-order valence-electron chi connectivity index (χ3n) is 2.20. The quantitative estimate of drug-likeness (QED) is 0.833. The van der Waals surface area contributed by atoms with E-state index >= 15 is 0 Å². The number of nitrogens with zero attached hydrogens (tertiary/aromatic N) is 1. The van der Waals surface area contributed by atoms with E-state index in [2.05, 4.69) is 4.98 Å². The van der Waals surface area contributed by atoms with Crippen LogP contribution in [0.25, 0.3) is 0 Å². The molecule has 0 saturated heterocycles. The van der Waals surface area contributed by atoms with Crippen molar-refractivity contribution in [3.63, 3.8) is 0 Å². The third kappa shape index (κ3) is 3.14. The lowest BCUT2D eigenvalue weighted by molar-refractivity contribution is 0.462. The van der Waals surface area contributed by atoms with Crippen LogP contribution >= 0.6 is 0 Å². The SMILES string of the molecule is CCS(=O)c1ccc(Oc2ccccc2)nc1.